The number of hydrogen-bond donors (Lipinski definition) is 1. The maximum absolute atomic E-state index is 12.4. The number of carbonyl (C=O) groups is 1. The fraction of sp³-hybridized carbons (Fsp3) is 0.250. The van der Waals surface area contributed by atoms with Gasteiger partial charge in [0.2, 0.25) is 5.91 Å². The number of amides is 1. The first-order chi connectivity index (χ1) is 11.8. The van der Waals surface area contributed by atoms with Crippen molar-refractivity contribution in [2.75, 3.05) is 5.32 Å². The van der Waals surface area contributed by atoms with E-state index in [4.69, 9.17) is 11.6 Å². The number of halogens is 1. The number of carbonyl (C=O) groups excluding carboxylic acids is 1. The van der Waals surface area contributed by atoms with E-state index < -0.39 is 11.2 Å². The molecule has 0 bridgehead atoms. The summed E-state index contributed by atoms with van der Waals surface area (Å²) in [6.07, 6.45) is 1.37. The number of imidazole rings is 1. The van der Waals surface area contributed by atoms with Crippen LogP contribution >= 0.6 is 11.6 Å². The van der Waals surface area contributed by atoms with E-state index >= 15 is 0 Å². The predicted molar refractivity (Wildman–Crippen MR) is 95.0 cm³/mol. The number of benzene rings is 1. The standard InChI is InChI=1S/C16H16ClN5O3/c1-9-10(17)5-4-6-11(9)19-12(23)7-22-8-18-14-13(22)15(24)21(3)16(25)20(14)2/h4-6,8H,7H2,1-3H3,(H,19,23). The molecule has 1 N–H and O–H groups in total. The number of fused-ring (bicyclic) bond motifs is 1. The third-order valence-corrected chi connectivity index (χ3v) is 4.48. The molecule has 8 nitrogen and oxygen atoms in total. The first kappa shape index (κ1) is 17.0. The number of anilines is 1. The zero-order chi connectivity index (χ0) is 18.3. The Morgan fingerprint density at radius 2 is 1.96 bits per heavy atom. The minimum absolute atomic E-state index is 0.115. The molecule has 0 saturated carbocycles. The summed E-state index contributed by atoms with van der Waals surface area (Å²) in [5, 5.41) is 3.32. The lowest BCUT2D eigenvalue weighted by molar-refractivity contribution is -0.116. The molecule has 130 valence electrons. The molecule has 2 aromatic heterocycles. The van der Waals surface area contributed by atoms with Gasteiger partial charge in [-0.1, -0.05) is 17.7 Å². The molecule has 3 aromatic rings. The van der Waals surface area contributed by atoms with Gasteiger partial charge in [0.1, 0.15) is 6.54 Å². The molecule has 0 aliphatic heterocycles. The highest BCUT2D eigenvalue weighted by Crippen LogP contribution is 2.22. The van der Waals surface area contributed by atoms with Gasteiger partial charge in [-0.25, -0.2) is 9.78 Å². The molecule has 3 rings (SSSR count). The van der Waals surface area contributed by atoms with Gasteiger partial charge >= 0.3 is 5.69 Å². The van der Waals surface area contributed by atoms with Gasteiger partial charge in [0.25, 0.3) is 5.56 Å². The normalized spacial score (nSPS) is 11.0. The van der Waals surface area contributed by atoms with Gasteiger partial charge in [-0.15, -0.1) is 0 Å². The fourth-order valence-corrected chi connectivity index (χ4v) is 2.78. The molecule has 2 heterocycles. The lowest BCUT2D eigenvalue weighted by Crippen LogP contribution is -2.37. The van der Waals surface area contributed by atoms with Crippen LogP contribution in [0.2, 0.25) is 5.02 Å². The second-order valence-corrected chi connectivity index (χ2v) is 6.12. The topological polar surface area (TPSA) is 90.9 Å². The van der Waals surface area contributed by atoms with E-state index in [1.54, 1.807) is 25.1 Å². The molecule has 0 atom stereocenters. The number of rotatable bonds is 3. The molecule has 0 unspecified atom stereocenters. The summed E-state index contributed by atoms with van der Waals surface area (Å²) in [5.74, 6) is -0.333. The number of nitrogens with one attached hydrogen (secondary N) is 1. The van der Waals surface area contributed by atoms with Crippen LogP contribution in [-0.4, -0.2) is 24.6 Å². The zero-order valence-electron chi connectivity index (χ0n) is 13.9. The van der Waals surface area contributed by atoms with E-state index in [-0.39, 0.29) is 23.6 Å². The minimum atomic E-state index is -0.498. The van der Waals surface area contributed by atoms with E-state index in [1.165, 1.54) is 29.6 Å². The smallest absolute Gasteiger partial charge is 0.324 e. The second-order valence-electron chi connectivity index (χ2n) is 5.71. The van der Waals surface area contributed by atoms with Crippen LogP contribution < -0.4 is 16.6 Å². The predicted octanol–water partition coefficient (Wildman–Crippen LogP) is 1.03. The van der Waals surface area contributed by atoms with Crippen molar-refractivity contribution in [1.82, 2.24) is 18.7 Å². The Morgan fingerprint density at radius 1 is 1.24 bits per heavy atom. The van der Waals surface area contributed by atoms with Gasteiger partial charge in [-0.05, 0) is 24.6 Å². The lowest BCUT2D eigenvalue weighted by Gasteiger charge is -2.10. The Labute approximate surface area is 147 Å². The largest absolute Gasteiger partial charge is 0.332 e. The molecule has 0 fully saturated rings. The van der Waals surface area contributed by atoms with Crippen molar-refractivity contribution in [2.24, 2.45) is 14.1 Å². The van der Waals surface area contributed by atoms with Crippen molar-refractivity contribution in [1.29, 1.82) is 0 Å². The second kappa shape index (κ2) is 6.21. The third kappa shape index (κ3) is 2.85. The van der Waals surface area contributed by atoms with Crippen molar-refractivity contribution in [2.45, 2.75) is 13.5 Å². The molecule has 0 saturated heterocycles. The van der Waals surface area contributed by atoms with Crippen molar-refractivity contribution in [3.05, 3.63) is 56.0 Å². The van der Waals surface area contributed by atoms with Crippen LogP contribution in [0.15, 0.2) is 34.1 Å². The Morgan fingerprint density at radius 3 is 2.68 bits per heavy atom. The molecule has 0 spiro atoms. The Hall–Kier alpha value is -2.87. The molecular weight excluding hydrogens is 346 g/mol. The monoisotopic (exact) mass is 361 g/mol. The van der Waals surface area contributed by atoms with Crippen LogP contribution in [0.1, 0.15) is 5.56 Å². The maximum atomic E-state index is 12.4. The third-order valence-electron chi connectivity index (χ3n) is 4.07. The zero-order valence-corrected chi connectivity index (χ0v) is 14.7. The van der Waals surface area contributed by atoms with E-state index in [1.807, 2.05) is 0 Å². The molecule has 0 radical (unpaired) electrons. The molecule has 1 aromatic carbocycles. The highest BCUT2D eigenvalue weighted by Gasteiger charge is 2.16. The van der Waals surface area contributed by atoms with Crippen molar-refractivity contribution < 1.29 is 4.79 Å². The van der Waals surface area contributed by atoms with Crippen LogP contribution in [0.5, 0.6) is 0 Å². The summed E-state index contributed by atoms with van der Waals surface area (Å²) in [6, 6.07) is 5.22. The summed E-state index contributed by atoms with van der Waals surface area (Å²) in [5.41, 5.74) is 0.819. The Bertz CT molecular complexity index is 1110. The summed E-state index contributed by atoms with van der Waals surface area (Å²) in [7, 11) is 2.91. The SMILES string of the molecule is Cc1c(Cl)cccc1NC(=O)Cn1cnc2c1c(=O)n(C)c(=O)n2C. The minimum Gasteiger partial charge on any atom is -0.324 e. The van der Waals surface area contributed by atoms with Crippen LogP contribution in [0, 0.1) is 6.92 Å². The lowest BCUT2D eigenvalue weighted by atomic mass is 10.2. The summed E-state index contributed by atoms with van der Waals surface area (Å²) >= 11 is 6.05. The average Bonchev–Trinajstić information content (AvgIpc) is 2.99. The van der Waals surface area contributed by atoms with E-state index in [0.29, 0.717) is 10.7 Å². The Kier molecular flexibility index (Phi) is 4.22. The quantitative estimate of drug-likeness (QED) is 0.754. The van der Waals surface area contributed by atoms with E-state index in [2.05, 4.69) is 10.3 Å². The first-order valence-electron chi connectivity index (χ1n) is 7.47. The first-order valence-corrected chi connectivity index (χ1v) is 7.85. The average molecular weight is 362 g/mol. The van der Waals surface area contributed by atoms with Crippen molar-refractivity contribution >= 4 is 34.4 Å². The highest BCUT2D eigenvalue weighted by atomic mass is 35.5. The summed E-state index contributed by atoms with van der Waals surface area (Å²) in [6.45, 7) is 1.69. The van der Waals surface area contributed by atoms with E-state index in [0.717, 1.165) is 10.1 Å². The fourth-order valence-electron chi connectivity index (χ4n) is 2.60. The van der Waals surface area contributed by atoms with Crippen LogP contribution in [-0.2, 0) is 25.4 Å². The molecule has 0 aliphatic carbocycles. The van der Waals surface area contributed by atoms with Crippen LogP contribution in [0.25, 0.3) is 11.2 Å². The van der Waals surface area contributed by atoms with Gasteiger partial charge in [0, 0.05) is 24.8 Å². The molecular formula is C16H16ClN5O3. The van der Waals surface area contributed by atoms with Crippen LogP contribution in [0.4, 0.5) is 5.69 Å². The van der Waals surface area contributed by atoms with Gasteiger partial charge in [-0.2, -0.15) is 0 Å². The van der Waals surface area contributed by atoms with Gasteiger partial charge in [0.05, 0.1) is 6.33 Å². The van der Waals surface area contributed by atoms with E-state index in [9.17, 15) is 14.4 Å². The van der Waals surface area contributed by atoms with Gasteiger partial charge in [-0.3, -0.25) is 18.7 Å². The Balaban J connectivity index is 1.96. The van der Waals surface area contributed by atoms with Gasteiger partial charge < -0.3 is 9.88 Å². The van der Waals surface area contributed by atoms with Crippen molar-refractivity contribution in [3.8, 4) is 0 Å². The number of hydrogen-bond acceptors (Lipinski definition) is 4. The molecule has 9 heteroatoms. The van der Waals surface area contributed by atoms with Gasteiger partial charge in [0.15, 0.2) is 11.2 Å². The summed E-state index contributed by atoms with van der Waals surface area (Å²) in [4.78, 5) is 40.7. The summed E-state index contributed by atoms with van der Waals surface area (Å²) < 4.78 is 3.68. The highest BCUT2D eigenvalue weighted by molar-refractivity contribution is 6.31. The number of aromatic nitrogens is 4. The number of nitrogens with zero attached hydrogens (tertiary/aromatic N) is 4. The van der Waals surface area contributed by atoms with Crippen molar-refractivity contribution in [3.63, 3.8) is 0 Å². The molecule has 1 amide bonds. The maximum Gasteiger partial charge on any atom is 0.332 e. The molecule has 25 heavy (non-hydrogen) atoms. The number of aryl methyl sites for hydroxylation is 1. The van der Waals surface area contributed by atoms with Crippen LogP contribution in [0.3, 0.4) is 0 Å². The molecule has 0 aliphatic rings.